The van der Waals surface area contributed by atoms with Gasteiger partial charge < -0.3 is 10.6 Å². The van der Waals surface area contributed by atoms with E-state index in [4.69, 9.17) is 0 Å². The minimum absolute atomic E-state index is 0.0617. The zero-order chi connectivity index (χ0) is 16.5. The van der Waals surface area contributed by atoms with Gasteiger partial charge in [-0.3, -0.25) is 9.59 Å². The molecule has 2 N–H and O–H groups in total. The Labute approximate surface area is 144 Å². The third kappa shape index (κ3) is 5.87. The predicted octanol–water partition coefficient (Wildman–Crippen LogP) is 2.93. The molecule has 4 nitrogen and oxygen atoms in total. The predicted molar refractivity (Wildman–Crippen MR) is 94.2 cm³/mol. The molecule has 0 aromatic heterocycles. The molecule has 0 radical (unpaired) electrons. The first-order valence-electron chi connectivity index (χ1n) is 7.50. The molecule has 0 saturated carbocycles. The van der Waals surface area contributed by atoms with Gasteiger partial charge in [-0.25, -0.2) is 0 Å². The van der Waals surface area contributed by atoms with E-state index in [0.29, 0.717) is 18.7 Å². The molecular formula is C18H19BrN2O2. The van der Waals surface area contributed by atoms with Crippen LogP contribution in [0.5, 0.6) is 0 Å². The largest absolute Gasteiger partial charge is 0.356 e. The zero-order valence-electron chi connectivity index (χ0n) is 12.7. The summed E-state index contributed by atoms with van der Waals surface area (Å²) < 4.78 is 0.741. The van der Waals surface area contributed by atoms with Gasteiger partial charge in [0.05, 0.1) is 5.56 Å². The molecule has 2 aromatic rings. The Balaban J connectivity index is 1.65. The van der Waals surface area contributed by atoms with E-state index in [1.807, 2.05) is 42.5 Å². The highest BCUT2D eigenvalue weighted by molar-refractivity contribution is 9.10. The molecule has 0 heterocycles. The molecule has 0 unspecified atom stereocenters. The minimum Gasteiger partial charge on any atom is -0.356 e. The van der Waals surface area contributed by atoms with Crippen LogP contribution in [0.15, 0.2) is 59.1 Å². The van der Waals surface area contributed by atoms with E-state index in [1.165, 1.54) is 5.56 Å². The van der Waals surface area contributed by atoms with Crippen molar-refractivity contribution in [3.8, 4) is 0 Å². The van der Waals surface area contributed by atoms with Gasteiger partial charge in [0.2, 0.25) is 5.91 Å². The molecule has 0 spiro atoms. The quantitative estimate of drug-likeness (QED) is 0.782. The lowest BCUT2D eigenvalue weighted by molar-refractivity contribution is -0.120. The summed E-state index contributed by atoms with van der Waals surface area (Å²) in [7, 11) is 0. The fraction of sp³-hybridized carbons (Fsp3) is 0.222. The summed E-state index contributed by atoms with van der Waals surface area (Å²) in [6, 6.07) is 17.2. The van der Waals surface area contributed by atoms with E-state index in [2.05, 4.69) is 26.6 Å². The second-order valence-electron chi connectivity index (χ2n) is 5.07. The van der Waals surface area contributed by atoms with Crippen molar-refractivity contribution in [3.05, 3.63) is 70.2 Å². The highest BCUT2D eigenvalue weighted by Gasteiger charge is 2.09. The van der Waals surface area contributed by atoms with Crippen molar-refractivity contribution in [2.45, 2.75) is 12.8 Å². The first-order chi connectivity index (χ1) is 11.2. The number of rotatable bonds is 7. The van der Waals surface area contributed by atoms with Gasteiger partial charge in [0, 0.05) is 24.0 Å². The van der Waals surface area contributed by atoms with Gasteiger partial charge in [-0.15, -0.1) is 0 Å². The fourth-order valence-electron chi connectivity index (χ4n) is 2.11. The van der Waals surface area contributed by atoms with Crippen LogP contribution in [0.3, 0.4) is 0 Å². The number of carbonyl (C=O) groups is 2. The second-order valence-corrected chi connectivity index (χ2v) is 5.93. The van der Waals surface area contributed by atoms with Crippen molar-refractivity contribution in [2.75, 3.05) is 13.1 Å². The third-order valence-corrected chi connectivity index (χ3v) is 4.03. The standard InChI is InChI=1S/C18H19BrN2O2/c19-16-9-5-4-8-15(16)18(23)21-13-11-17(22)20-12-10-14-6-2-1-3-7-14/h1-9H,10-13H2,(H,20,22)(H,21,23). The first kappa shape index (κ1) is 17.2. The maximum Gasteiger partial charge on any atom is 0.252 e. The van der Waals surface area contributed by atoms with Crippen LogP contribution < -0.4 is 10.6 Å². The maximum atomic E-state index is 12.0. The number of benzene rings is 2. The highest BCUT2D eigenvalue weighted by Crippen LogP contribution is 2.15. The van der Waals surface area contributed by atoms with Crippen LogP contribution >= 0.6 is 15.9 Å². The van der Waals surface area contributed by atoms with Crippen LogP contribution in [0.2, 0.25) is 0 Å². The van der Waals surface area contributed by atoms with Gasteiger partial charge >= 0.3 is 0 Å². The van der Waals surface area contributed by atoms with Crippen LogP contribution in [0.4, 0.5) is 0 Å². The van der Waals surface area contributed by atoms with Gasteiger partial charge in [0.1, 0.15) is 0 Å². The maximum absolute atomic E-state index is 12.0. The van der Waals surface area contributed by atoms with Gasteiger partial charge in [-0.2, -0.15) is 0 Å². The summed E-state index contributed by atoms with van der Waals surface area (Å²) in [6.07, 6.45) is 1.07. The lowest BCUT2D eigenvalue weighted by atomic mass is 10.1. The van der Waals surface area contributed by atoms with Gasteiger partial charge in [-0.05, 0) is 40.0 Å². The number of nitrogens with one attached hydrogen (secondary N) is 2. The Bertz CT molecular complexity index is 659. The molecule has 0 aliphatic rings. The van der Waals surface area contributed by atoms with E-state index in [0.717, 1.165) is 10.9 Å². The average molecular weight is 375 g/mol. The summed E-state index contributed by atoms with van der Waals surface area (Å²) in [5.41, 5.74) is 1.76. The summed E-state index contributed by atoms with van der Waals surface area (Å²) in [6.45, 7) is 0.915. The lowest BCUT2D eigenvalue weighted by Gasteiger charge is -2.08. The van der Waals surface area contributed by atoms with Crippen LogP contribution in [-0.4, -0.2) is 24.9 Å². The van der Waals surface area contributed by atoms with Gasteiger partial charge in [0.25, 0.3) is 5.91 Å². The Morgan fingerprint density at radius 2 is 1.57 bits per heavy atom. The molecule has 2 aromatic carbocycles. The van der Waals surface area contributed by atoms with Crippen molar-refractivity contribution in [3.63, 3.8) is 0 Å². The molecule has 0 aliphatic heterocycles. The molecule has 23 heavy (non-hydrogen) atoms. The number of hydrogen-bond acceptors (Lipinski definition) is 2. The number of carbonyl (C=O) groups excluding carboxylic acids is 2. The number of amides is 2. The molecular weight excluding hydrogens is 356 g/mol. The summed E-state index contributed by atoms with van der Waals surface area (Å²) >= 11 is 3.33. The van der Waals surface area contributed by atoms with Crippen molar-refractivity contribution >= 4 is 27.7 Å². The van der Waals surface area contributed by atoms with E-state index in [1.54, 1.807) is 12.1 Å². The Kier molecular flexibility index (Phi) is 6.81. The molecule has 2 amide bonds. The van der Waals surface area contributed by atoms with Crippen LogP contribution in [0, 0.1) is 0 Å². The van der Waals surface area contributed by atoms with E-state index < -0.39 is 0 Å². The highest BCUT2D eigenvalue weighted by atomic mass is 79.9. The van der Waals surface area contributed by atoms with Crippen LogP contribution in [0.1, 0.15) is 22.3 Å². The van der Waals surface area contributed by atoms with E-state index in [-0.39, 0.29) is 18.2 Å². The Morgan fingerprint density at radius 1 is 0.870 bits per heavy atom. The molecule has 0 fully saturated rings. The summed E-state index contributed by atoms with van der Waals surface area (Å²) in [5.74, 6) is -0.247. The zero-order valence-corrected chi connectivity index (χ0v) is 14.3. The van der Waals surface area contributed by atoms with Crippen molar-refractivity contribution in [1.29, 1.82) is 0 Å². The fourth-order valence-corrected chi connectivity index (χ4v) is 2.57. The number of hydrogen-bond donors (Lipinski definition) is 2. The molecule has 120 valence electrons. The molecule has 2 rings (SSSR count). The van der Waals surface area contributed by atoms with Crippen LogP contribution in [0.25, 0.3) is 0 Å². The smallest absolute Gasteiger partial charge is 0.252 e. The molecule has 0 aliphatic carbocycles. The van der Waals surface area contributed by atoms with Crippen molar-refractivity contribution in [2.24, 2.45) is 0 Å². The van der Waals surface area contributed by atoms with Gasteiger partial charge in [-0.1, -0.05) is 42.5 Å². The molecule has 0 bridgehead atoms. The average Bonchev–Trinajstić information content (AvgIpc) is 2.56. The topological polar surface area (TPSA) is 58.2 Å². The Morgan fingerprint density at radius 3 is 2.30 bits per heavy atom. The molecule has 5 heteroatoms. The van der Waals surface area contributed by atoms with Crippen molar-refractivity contribution in [1.82, 2.24) is 10.6 Å². The van der Waals surface area contributed by atoms with E-state index >= 15 is 0 Å². The lowest BCUT2D eigenvalue weighted by Crippen LogP contribution is -2.31. The van der Waals surface area contributed by atoms with E-state index in [9.17, 15) is 9.59 Å². The monoisotopic (exact) mass is 374 g/mol. The van der Waals surface area contributed by atoms with Gasteiger partial charge in [0.15, 0.2) is 0 Å². The summed E-state index contributed by atoms with van der Waals surface area (Å²) in [5, 5.41) is 5.61. The SMILES string of the molecule is O=C(CCNC(=O)c1ccccc1Br)NCCc1ccccc1. The minimum atomic E-state index is -0.186. The van der Waals surface area contributed by atoms with Crippen LogP contribution in [-0.2, 0) is 11.2 Å². The molecule has 0 saturated heterocycles. The third-order valence-electron chi connectivity index (χ3n) is 3.33. The molecule has 0 atom stereocenters. The summed E-state index contributed by atoms with van der Waals surface area (Å²) in [4.78, 5) is 23.7. The first-order valence-corrected chi connectivity index (χ1v) is 8.29. The number of halogens is 1. The Hall–Kier alpha value is -2.14. The van der Waals surface area contributed by atoms with Crippen molar-refractivity contribution < 1.29 is 9.59 Å². The normalized spacial score (nSPS) is 10.1. The second kappa shape index (κ2) is 9.10.